The molecule has 1 amide bonds. The molecule has 27 heavy (non-hydrogen) atoms. The van der Waals surface area contributed by atoms with Crippen molar-refractivity contribution in [3.8, 4) is 5.75 Å². The van der Waals surface area contributed by atoms with Crippen LogP contribution in [0.3, 0.4) is 0 Å². The zero-order valence-corrected chi connectivity index (χ0v) is 14.8. The molecule has 1 aromatic heterocycles. The number of nitrogens with zero attached hydrogens (tertiary/aromatic N) is 1. The van der Waals surface area contributed by atoms with Gasteiger partial charge in [-0.2, -0.15) is 0 Å². The first-order valence-corrected chi connectivity index (χ1v) is 8.68. The van der Waals surface area contributed by atoms with Crippen molar-refractivity contribution in [2.24, 2.45) is 0 Å². The number of nitrogens with one attached hydrogen (secondary N) is 3. The van der Waals surface area contributed by atoms with Crippen LogP contribution in [0, 0.1) is 10.1 Å². The molecular formula is C17H24N4O6. The van der Waals surface area contributed by atoms with E-state index >= 15 is 0 Å². The van der Waals surface area contributed by atoms with E-state index in [1.54, 1.807) is 0 Å². The van der Waals surface area contributed by atoms with Crippen molar-refractivity contribution >= 4 is 16.8 Å². The van der Waals surface area contributed by atoms with Crippen molar-refractivity contribution in [2.45, 2.75) is 18.9 Å². The normalized spacial score (nSPS) is 11.9. The van der Waals surface area contributed by atoms with E-state index in [-0.39, 0.29) is 25.5 Å². The zero-order valence-electron chi connectivity index (χ0n) is 14.8. The highest BCUT2D eigenvalue weighted by molar-refractivity contribution is 5.85. The van der Waals surface area contributed by atoms with E-state index in [0.717, 1.165) is 10.9 Å². The molecule has 1 unspecified atom stereocenters. The molecule has 10 heteroatoms. The number of amides is 1. The van der Waals surface area contributed by atoms with Crippen LogP contribution in [0.25, 0.3) is 10.9 Å². The Kier molecular flexibility index (Phi) is 8.33. The smallest absolute Gasteiger partial charge is 0.294 e. The lowest BCUT2D eigenvalue weighted by Gasteiger charge is -2.14. The molecule has 0 bridgehead atoms. The second-order valence-corrected chi connectivity index (χ2v) is 5.87. The van der Waals surface area contributed by atoms with Crippen molar-refractivity contribution < 1.29 is 24.6 Å². The Morgan fingerprint density at radius 2 is 2.19 bits per heavy atom. The number of carbonyl (C=O) groups is 1. The molecule has 0 spiro atoms. The molecule has 0 aliphatic rings. The van der Waals surface area contributed by atoms with Gasteiger partial charge in [0.25, 0.3) is 5.09 Å². The third kappa shape index (κ3) is 7.50. The van der Waals surface area contributed by atoms with Gasteiger partial charge in [0.1, 0.15) is 18.5 Å². The van der Waals surface area contributed by atoms with E-state index in [1.165, 1.54) is 0 Å². The Hall–Kier alpha value is -2.85. The summed E-state index contributed by atoms with van der Waals surface area (Å²) in [5.74, 6) is 0.529. The number of rotatable bonds is 13. The summed E-state index contributed by atoms with van der Waals surface area (Å²) in [4.78, 5) is 28.8. The predicted octanol–water partition coefficient (Wildman–Crippen LogP) is 0.602. The molecule has 0 aliphatic heterocycles. The summed E-state index contributed by atoms with van der Waals surface area (Å²) < 4.78 is 5.66. The first-order chi connectivity index (χ1) is 13.1. The van der Waals surface area contributed by atoms with Crippen LogP contribution in [0.5, 0.6) is 5.75 Å². The van der Waals surface area contributed by atoms with Crippen LogP contribution in [0.2, 0.25) is 0 Å². The number of benzene rings is 1. The molecule has 1 heterocycles. The Labute approximate surface area is 155 Å². The monoisotopic (exact) mass is 380 g/mol. The van der Waals surface area contributed by atoms with Crippen molar-refractivity contribution in [3.63, 3.8) is 0 Å². The number of aliphatic hydroxyl groups is 1. The first kappa shape index (κ1) is 20.5. The lowest BCUT2D eigenvalue weighted by molar-refractivity contribution is -0.757. The van der Waals surface area contributed by atoms with E-state index in [9.17, 15) is 20.0 Å². The third-order valence-electron chi connectivity index (χ3n) is 3.73. The molecule has 0 radical (unpaired) electrons. The maximum Gasteiger partial charge on any atom is 0.294 e. The Bertz CT molecular complexity index is 735. The highest BCUT2D eigenvalue weighted by Crippen LogP contribution is 2.24. The molecule has 1 atom stereocenters. The molecule has 2 rings (SSSR count). The quantitative estimate of drug-likeness (QED) is 0.227. The highest BCUT2D eigenvalue weighted by Gasteiger charge is 2.08. The molecule has 148 valence electrons. The summed E-state index contributed by atoms with van der Waals surface area (Å²) in [5.41, 5.74) is 0.969. The van der Waals surface area contributed by atoms with E-state index in [4.69, 9.17) is 4.74 Å². The van der Waals surface area contributed by atoms with Crippen molar-refractivity contribution in [2.75, 3.05) is 32.8 Å². The molecule has 0 saturated carbocycles. The van der Waals surface area contributed by atoms with Crippen LogP contribution in [0.1, 0.15) is 12.8 Å². The summed E-state index contributed by atoms with van der Waals surface area (Å²) in [6, 6.07) is 7.58. The van der Waals surface area contributed by atoms with Gasteiger partial charge in [0, 0.05) is 43.2 Å². The second-order valence-electron chi connectivity index (χ2n) is 5.87. The third-order valence-corrected chi connectivity index (χ3v) is 3.73. The van der Waals surface area contributed by atoms with E-state index in [2.05, 4.69) is 20.5 Å². The summed E-state index contributed by atoms with van der Waals surface area (Å²) in [7, 11) is 0. The summed E-state index contributed by atoms with van der Waals surface area (Å²) >= 11 is 0. The fourth-order valence-electron chi connectivity index (χ4n) is 2.43. The zero-order chi connectivity index (χ0) is 19.5. The minimum Gasteiger partial charge on any atom is -0.490 e. The maximum absolute atomic E-state index is 11.6. The standard InChI is InChI=1S/C17H24N4O6/c22-13(12-26-16-4-1-3-15-14(16)5-9-19-15)11-18-8-6-17(23)20-7-2-10-27-21(24)25/h1,3-5,9,13,18-19,22H,2,6-8,10-12H2,(H,20,23). The van der Waals surface area contributed by atoms with Crippen LogP contribution < -0.4 is 15.4 Å². The van der Waals surface area contributed by atoms with Gasteiger partial charge in [0.15, 0.2) is 0 Å². The van der Waals surface area contributed by atoms with Gasteiger partial charge in [-0.05, 0) is 24.6 Å². The average Bonchev–Trinajstić information content (AvgIpc) is 3.12. The van der Waals surface area contributed by atoms with Crippen LogP contribution in [-0.4, -0.2) is 60.0 Å². The second kappa shape index (κ2) is 11.0. The Balaban J connectivity index is 1.53. The summed E-state index contributed by atoms with van der Waals surface area (Å²) in [5, 5.41) is 25.7. The van der Waals surface area contributed by atoms with Gasteiger partial charge in [-0.1, -0.05) is 6.07 Å². The fraction of sp³-hybridized carbons (Fsp3) is 0.471. The summed E-state index contributed by atoms with van der Waals surface area (Å²) in [6.07, 6.45) is 1.73. The molecule has 1 aromatic carbocycles. The van der Waals surface area contributed by atoms with Gasteiger partial charge in [0.05, 0.1) is 6.61 Å². The van der Waals surface area contributed by atoms with E-state index < -0.39 is 11.2 Å². The fourth-order valence-corrected chi connectivity index (χ4v) is 2.43. The van der Waals surface area contributed by atoms with Crippen molar-refractivity contribution in [1.82, 2.24) is 15.6 Å². The molecule has 0 fully saturated rings. The minimum absolute atomic E-state index is 0.0474. The number of ether oxygens (including phenoxy) is 1. The number of H-pyrrole nitrogens is 1. The van der Waals surface area contributed by atoms with Crippen LogP contribution in [0.15, 0.2) is 30.5 Å². The lowest BCUT2D eigenvalue weighted by atomic mass is 10.2. The maximum atomic E-state index is 11.6. The average molecular weight is 380 g/mol. The molecule has 10 nitrogen and oxygen atoms in total. The number of hydrogen-bond acceptors (Lipinski definition) is 7. The van der Waals surface area contributed by atoms with Crippen molar-refractivity contribution in [1.29, 1.82) is 0 Å². The molecule has 4 N–H and O–H groups in total. The molecule has 0 saturated heterocycles. The number of hydrogen-bond donors (Lipinski definition) is 4. The molecule has 2 aromatic rings. The largest absolute Gasteiger partial charge is 0.490 e. The number of aliphatic hydroxyl groups excluding tert-OH is 1. The molecular weight excluding hydrogens is 356 g/mol. The highest BCUT2D eigenvalue weighted by atomic mass is 16.9. The van der Waals surface area contributed by atoms with Gasteiger partial charge in [-0.15, -0.1) is 10.1 Å². The Morgan fingerprint density at radius 3 is 3.00 bits per heavy atom. The number of aromatic amines is 1. The van der Waals surface area contributed by atoms with Crippen LogP contribution >= 0.6 is 0 Å². The van der Waals surface area contributed by atoms with Gasteiger partial charge in [-0.25, -0.2) is 0 Å². The van der Waals surface area contributed by atoms with Gasteiger partial charge in [-0.3, -0.25) is 4.79 Å². The predicted molar refractivity (Wildman–Crippen MR) is 97.9 cm³/mol. The van der Waals surface area contributed by atoms with Crippen LogP contribution in [0.4, 0.5) is 0 Å². The van der Waals surface area contributed by atoms with Gasteiger partial charge >= 0.3 is 0 Å². The first-order valence-electron chi connectivity index (χ1n) is 8.68. The van der Waals surface area contributed by atoms with Gasteiger partial charge < -0.3 is 30.3 Å². The topological polar surface area (TPSA) is 139 Å². The lowest BCUT2D eigenvalue weighted by Crippen LogP contribution is -2.34. The van der Waals surface area contributed by atoms with Crippen LogP contribution in [-0.2, 0) is 9.63 Å². The number of fused-ring (bicyclic) bond motifs is 1. The van der Waals surface area contributed by atoms with E-state index in [0.29, 0.717) is 31.8 Å². The SMILES string of the molecule is O=C(CCNCC(O)COc1cccc2[nH]ccc12)NCCCO[N+](=O)[O-]. The Morgan fingerprint density at radius 1 is 1.33 bits per heavy atom. The summed E-state index contributed by atoms with van der Waals surface area (Å²) in [6.45, 7) is 1.11. The minimum atomic E-state index is -0.862. The number of aromatic nitrogens is 1. The molecule has 0 aliphatic carbocycles. The van der Waals surface area contributed by atoms with Crippen molar-refractivity contribution in [3.05, 3.63) is 40.6 Å². The van der Waals surface area contributed by atoms with E-state index in [1.807, 2.05) is 30.5 Å². The van der Waals surface area contributed by atoms with Gasteiger partial charge in [0.2, 0.25) is 5.91 Å². The number of carbonyl (C=O) groups excluding carboxylic acids is 1.